The van der Waals surface area contributed by atoms with Gasteiger partial charge in [-0.2, -0.15) is 0 Å². The van der Waals surface area contributed by atoms with Crippen molar-refractivity contribution >= 4 is 11.5 Å². The van der Waals surface area contributed by atoms with Crippen LogP contribution >= 0.6 is 0 Å². The van der Waals surface area contributed by atoms with Crippen molar-refractivity contribution in [1.82, 2.24) is 0 Å². The Bertz CT molecular complexity index is 673. The molecule has 2 aromatic rings. The monoisotopic (exact) mass is 265 g/mol. The summed E-state index contributed by atoms with van der Waals surface area (Å²) in [5, 5.41) is 0. The van der Waals surface area contributed by atoms with Gasteiger partial charge in [-0.3, -0.25) is 4.79 Å². The largest absolute Gasteiger partial charge is 0.398 e. The lowest BCUT2D eigenvalue weighted by Gasteiger charge is -2.08. The topological polar surface area (TPSA) is 43.1 Å². The van der Waals surface area contributed by atoms with Crippen LogP contribution in [0.5, 0.6) is 0 Å². The third-order valence-electron chi connectivity index (χ3n) is 4.04. The van der Waals surface area contributed by atoms with E-state index < -0.39 is 0 Å². The molecule has 0 radical (unpaired) electrons. The van der Waals surface area contributed by atoms with Crippen molar-refractivity contribution in [3.8, 4) is 0 Å². The molecule has 102 valence electrons. The van der Waals surface area contributed by atoms with E-state index in [1.807, 2.05) is 25.1 Å². The van der Waals surface area contributed by atoms with Gasteiger partial charge in [0.05, 0.1) is 0 Å². The molecule has 0 amide bonds. The number of anilines is 1. The molecule has 2 heteroatoms. The van der Waals surface area contributed by atoms with Crippen LogP contribution in [0, 0.1) is 6.92 Å². The van der Waals surface area contributed by atoms with Gasteiger partial charge in [0, 0.05) is 17.7 Å². The maximum absolute atomic E-state index is 12.4. The molecule has 20 heavy (non-hydrogen) atoms. The van der Waals surface area contributed by atoms with E-state index >= 15 is 0 Å². The third-order valence-corrected chi connectivity index (χ3v) is 4.04. The predicted molar refractivity (Wildman–Crippen MR) is 82.1 cm³/mol. The second-order valence-corrected chi connectivity index (χ2v) is 5.65. The molecule has 1 aliphatic rings. The van der Waals surface area contributed by atoms with Gasteiger partial charge in [-0.1, -0.05) is 29.8 Å². The molecule has 0 spiro atoms. The van der Waals surface area contributed by atoms with Crippen LogP contribution in [0.1, 0.15) is 39.0 Å². The Morgan fingerprint density at radius 1 is 1.10 bits per heavy atom. The first-order chi connectivity index (χ1) is 9.63. The minimum absolute atomic E-state index is 0.101. The number of aryl methyl sites for hydroxylation is 3. The number of Topliss-reactive ketones (excluding diaryl/α,β-unsaturated/α-hetero) is 1. The zero-order chi connectivity index (χ0) is 14.1. The number of carbonyl (C=O) groups is 1. The second-order valence-electron chi connectivity index (χ2n) is 5.65. The van der Waals surface area contributed by atoms with E-state index in [0.717, 1.165) is 17.5 Å². The minimum atomic E-state index is 0.101. The average Bonchev–Trinajstić information content (AvgIpc) is 2.89. The van der Waals surface area contributed by atoms with Crippen LogP contribution in [0.2, 0.25) is 0 Å². The number of hydrogen-bond donors (Lipinski definition) is 1. The summed E-state index contributed by atoms with van der Waals surface area (Å²) in [5.74, 6) is 0.101. The van der Waals surface area contributed by atoms with Gasteiger partial charge < -0.3 is 5.73 Å². The SMILES string of the molecule is Cc1ccc(N)c(C(=O)Cc2ccc3c(c2)CCC3)c1. The van der Waals surface area contributed by atoms with Gasteiger partial charge in [0.2, 0.25) is 0 Å². The smallest absolute Gasteiger partial charge is 0.169 e. The number of carbonyl (C=O) groups excluding carboxylic acids is 1. The molecule has 0 fully saturated rings. The van der Waals surface area contributed by atoms with Crippen molar-refractivity contribution in [3.63, 3.8) is 0 Å². The van der Waals surface area contributed by atoms with Crippen LogP contribution in [-0.2, 0) is 19.3 Å². The van der Waals surface area contributed by atoms with Crippen LogP contribution in [0.4, 0.5) is 5.69 Å². The van der Waals surface area contributed by atoms with E-state index in [2.05, 4.69) is 18.2 Å². The maximum atomic E-state index is 12.4. The van der Waals surface area contributed by atoms with Gasteiger partial charge in [0.15, 0.2) is 5.78 Å². The van der Waals surface area contributed by atoms with Crippen molar-refractivity contribution < 1.29 is 4.79 Å². The molecule has 0 heterocycles. The van der Waals surface area contributed by atoms with Crippen molar-refractivity contribution in [2.75, 3.05) is 5.73 Å². The van der Waals surface area contributed by atoms with E-state index in [4.69, 9.17) is 5.73 Å². The molecule has 0 saturated heterocycles. The van der Waals surface area contributed by atoms with Crippen LogP contribution < -0.4 is 5.73 Å². The number of nitrogens with two attached hydrogens (primary N) is 1. The van der Waals surface area contributed by atoms with Crippen LogP contribution in [0.25, 0.3) is 0 Å². The molecule has 0 saturated carbocycles. The minimum Gasteiger partial charge on any atom is -0.398 e. The number of hydrogen-bond acceptors (Lipinski definition) is 2. The highest BCUT2D eigenvalue weighted by atomic mass is 16.1. The van der Waals surface area contributed by atoms with Gasteiger partial charge in [-0.15, -0.1) is 0 Å². The van der Waals surface area contributed by atoms with E-state index in [-0.39, 0.29) is 5.78 Å². The molecule has 0 bridgehead atoms. The highest BCUT2D eigenvalue weighted by molar-refractivity contribution is 6.02. The first-order valence-corrected chi connectivity index (χ1v) is 7.13. The molecule has 2 N–H and O–H groups in total. The number of benzene rings is 2. The molecule has 1 aliphatic carbocycles. The Hall–Kier alpha value is -2.09. The van der Waals surface area contributed by atoms with Crippen LogP contribution in [0.3, 0.4) is 0 Å². The molecule has 0 unspecified atom stereocenters. The molecule has 2 aromatic carbocycles. The highest BCUT2D eigenvalue weighted by Crippen LogP contribution is 2.24. The summed E-state index contributed by atoms with van der Waals surface area (Å²) >= 11 is 0. The fourth-order valence-electron chi connectivity index (χ4n) is 2.93. The van der Waals surface area contributed by atoms with Crippen molar-refractivity contribution in [2.45, 2.75) is 32.6 Å². The number of ketones is 1. The van der Waals surface area contributed by atoms with Crippen molar-refractivity contribution in [2.24, 2.45) is 0 Å². The Morgan fingerprint density at radius 3 is 2.75 bits per heavy atom. The van der Waals surface area contributed by atoms with E-state index in [9.17, 15) is 4.79 Å². The molecule has 2 nitrogen and oxygen atoms in total. The van der Waals surface area contributed by atoms with Gasteiger partial charge in [0.25, 0.3) is 0 Å². The van der Waals surface area contributed by atoms with Crippen LogP contribution in [-0.4, -0.2) is 5.78 Å². The lowest BCUT2D eigenvalue weighted by atomic mass is 9.98. The summed E-state index contributed by atoms with van der Waals surface area (Å²) < 4.78 is 0. The van der Waals surface area contributed by atoms with Crippen LogP contribution in [0.15, 0.2) is 36.4 Å². The summed E-state index contributed by atoms with van der Waals surface area (Å²) in [6.45, 7) is 1.98. The molecular formula is C18H19NO. The van der Waals surface area contributed by atoms with Gasteiger partial charge in [0.1, 0.15) is 0 Å². The Labute approximate surface area is 119 Å². The number of fused-ring (bicyclic) bond motifs is 1. The van der Waals surface area contributed by atoms with Gasteiger partial charge in [-0.25, -0.2) is 0 Å². The average molecular weight is 265 g/mol. The van der Waals surface area contributed by atoms with E-state index in [1.54, 1.807) is 0 Å². The quantitative estimate of drug-likeness (QED) is 0.682. The summed E-state index contributed by atoms with van der Waals surface area (Å²) in [7, 11) is 0. The lowest BCUT2D eigenvalue weighted by molar-refractivity contribution is 0.0993. The molecule has 0 aliphatic heterocycles. The normalized spacial score (nSPS) is 13.2. The maximum Gasteiger partial charge on any atom is 0.169 e. The predicted octanol–water partition coefficient (Wildman–Crippen LogP) is 3.49. The fourth-order valence-corrected chi connectivity index (χ4v) is 2.93. The fraction of sp³-hybridized carbons (Fsp3) is 0.278. The summed E-state index contributed by atoms with van der Waals surface area (Å²) in [5.41, 5.74) is 12.1. The molecule has 0 atom stereocenters. The Balaban J connectivity index is 1.84. The third kappa shape index (κ3) is 2.46. The highest BCUT2D eigenvalue weighted by Gasteiger charge is 2.14. The standard InChI is InChI=1S/C18H19NO/c1-12-5-8-17(19)16(9-12)18(20)11-13-6-7-14-3-2-4-15(14)10-13/h5-10H,2-4,11,19H2,1H3. The zero-order valence-electron chi connectivity index (χ0n) is 11.8. The van der Waals surface area contributed by atoms with E-state index in [0.29, 0.717) is 17.7 Å². The lowest BCUT2D eigenvalue weighted by Crippen LogP contribution is -2.07. The molecular weight excluding hydrogens is 246 g/mol. The first-order valence-electron chi connectivity index (χ1n) is 7.13. The second kappa shape index (κ2) is 5.12. The molecule has 0 aromatic heterocycles. The first kappa shape index (κ1) is 12.9. The summed E-state index contributed by atoms with van der Waals surface area (Å²) in [6.07, 6.45) is 3.98. The number of nitrogen functional groups attached to an aromatic ring is 1. The van der Waals surface area contributed by atoms with Gasteiger partial charge >= 0.3 is 0 Å². The molecule has 3 rings (SSSR count). The Kier molecular flexibility index (Phi) is 3.31. The zero-order valence-corrected chi connectivity index (χ0v) is 11.8. The number of rotatable bonds is 3. The van der Waals surface area contributed by atoms with Crippen molar-refractivity contribution in [1.29, 1.82) is 0 Å². The summed E-state index contributed by atoms with van der Waals surface area (Å²) in [6, 6.07) is 12.1. The van der Waals surface area contributed by atoms with Gasteiger partial charge in [-0.05, 0) is 55.0 Å². The van der Waals surface area contributed by atoms with Crippen molar-refractivity contribution in [3.05, 3.63) is 64.2 Å². The van der Waals surface area contributed by atoms with E-state index in [1.165, 1.54) is 24.0 Å². The summed E-state index contributed by atoms with van der Waals surface area (Å²) in [4.78, 5) is 12.4. The Morgan fingerprint density at radius 2 is 1.90 bits per heavy atom.